The number of rotatable bonds is 3. The van der Waals surface area contributed by atoms with Gasteiger partial charge in [0.2, 0.25) is 6.79 Å². The summed E-state index contributed by atoms with van der Waals surface area (Å²) in [6, 6.07) is 4.17. The third-order valence-electron chi connectivity index (χ3n) is 4.74. The molecule has 104 valence electrons. The average Bonchev–Trinajstić information content (AvgIpc) is 2.74. The van der Waals surface area contributed by atoms with Gasteiger partial charge in [0.05, 0.1) is 13.2 Å². The van der Waals surface area contributed by atoms with Crippen molar-refractivity contribution in [1.82, 2.24) is 0 Å². The van der Waals surface area contributed by atoms with Crippen molar-refractivity contribution >= 4 is 0 Å². The molecule has 3 rings (SSSR count). The van der Waals surface area contributed by atoms with Gasteiger partial charge in [-0.05, 0) is 42.1 Å². The molecule has 1 aromatic carbocycles. The Morgan fingerprint density at radius 2 is 1.84 bits per heavy atom. The van der Waals surface area contributed by atoms with Gasteiger partial charge in [-0.3, -0.25) is 0 Å². The molecule has 2 aliphatic rings. The van der Waals surface area contributed by atoms with Crippen LogP contribution in [0.4, 0.5) is 0 Å². The SMILES string of the molecule is Cc1cc2c(cc1C1(C(C)(C)CN)COC1)OCO2. The molecule has 1 fully saturated rings. The van der Waals surface area contributed by atoms with E-state index in [1.807, 2.05) is 0 Å². The van der Waals surface area contributed by atoms with Crippen molar-refractivity contribution in [1.29, 1.82) is 0 Å². The highest BCUT2D eigenvalue weighted by atomic mass is 16.7. The molecule has 0 bridgehead atoms. The summed E-state index contributed by atoms with van der Waals surface area (Å²) in [5.41, 5.74) is 8.45. The van der Waals surface area contributed by atoms with E-state index in [9.17, 15) is 0 Å². The first-order chi connectivity index (χ1) is 9.00. The Labute approximate surface area is 113 Å². The number of hydrogen-bond acceptors (Lipinski definition) is 4. The third-order valence-corrected chi connectivity index (χ3v) is 4.74. The zero-order chi connectivity index (χ0) is 13.7. The molecule has 4 heteroatoms. The molecule has 0 aliphatic carbocycles. The monoisotopic (exact) mass is 263 g/mol. The van der Waals surface area contributed by atoms with Gasteiger partial charge in [-0.15, -0.1) is 0 Å². The predicted molar refractivity (Wildman–Crippen MR) is 72.6 cm³/mol. The lowest BCUT2D eigenvalue weighted by atomic mass is 9.59. The lowest BCUT2D eigenvalue weighted by molar-refractivity contribution is -0.116. The first kappa shape index (κ1) is 12.8. The fourth-order valence-corrected chi connectivity index (χ4v) is 2.97. The zero-order valence-electron chi connectivity index (χ0n) is 11.8. The van der Waals surface area contributed by atoms with Crippen LogP contribution in [0.2, 0.25) is 0 Å². The van der Waals surface area contributed by atoms with E-state index in [1.165, 1.54) is 11.1 Å². The largest absolute Gasteiger partial charge is 0.454 e. The highest BCUT2D eigenvalue weighted by Gasteiger charge is 2.52. The Bertz CT molecular complexity index is 506. The maximum Gasteiger partial charge on any atom is 0.231 e. The first-order valence-electron chi connectivity index (χ1n) is 6.69. The molecule has 4 nitrogen and oxygen atoms in total. The van der Waals surface area contributed by atoms with Crippen LogP contribution in [0.15, 0.2) is 12.1 Å². The molecular weight excluding hydrogens is 242 g/mol. The second kappa shape index (κ2) is 4.12. The minimum atomic E-state index is -0.0210. The van der Waals surface area contributed by atoms with Crippen LogP contribution < -0.4 is 15.2 Å². The fourth-order valence-electron chi connectivity index (χ4n) is 2.97. The Balaban J connectivity index is 2.10. The molecule has 2 aliphatic heterocycles. The molecule has 2 heterocycles. The number of fused-ring (bicyclic) bond motifs is 1. The van der Waals surface area contributed by atoms with Crippen LogP contribution in [0.5, 0.6) is 11.5 Å². The Hall–Kier alpha value is -1.26. The van der Waals surface area contributed by atoms with Crippen molar-refractivity contribution in [3.63, 3.8) is 0 Å². The van der Waals surface area contributed by atoms with Gasteiger partial charge in [0.15, 0.2) is 11.5 Å². The summed E-state index contributed by atoms with van der Waals surface area (Å²) in [7, 11) is 0. The molecule has 0 radical (unpaired) electrons. The number of aryl methyl sites for hydroxylation is 1. The van der Waals surface area contributed by atoms with E-state index in [1.54, 1.807) is 0 Å². The second-order valence-electron chi connectivity index (χ2n) is 6.18. The van der Waals surface area contributed by atoms with E-state index in [-0.39, 0.29) is 10.8 Å². The Morgan fingerprint density at radius 1 is 1.21 bits per heavy atom. The highest BCUT2D eigenvalue weighted by Crippen LogP contribution is 2.50. The molecule has 19 heavy (non-hydrogen) atoms. The standard InChI is InChI=1S/C15H21NO3/c1-10-4-12-13(19-9-18-12)5-11(10)15(7-17-8-15)14(2,3)6-16/h4-5H,6-9,16H2,1-3H3. The van der Waals surface area contributed by atoms with E-state index in [0.29, 0.717) is 13.3 Å². The van der Waals surface area contributed by atoms with Crippen molar-refractivity contribution in [2.75, 3.05) is 26.6 Å². The molecule has 0 saturated carbocycles. The van der Waals surface area contributed by atoms with E-state index < -0.39 is 0 Å². The van der Waals surface area contributed by atoms with Crippen molar-refractivity contribution in [2.45, 2.75) is 26.2 Å². The molecule has 1 saturated heterocycles. The van der Waals surface area contributed by atoms with Crippen molar-refractivity contribution in [3.8, 4) is 11.5 Å². The van der Waals surface area contributed by atoms with Crippen molar-refractivity contribution < 1.29 is 14.2 Å². The fraction of sp³-hybridized carbons (Fsp3) is 0.600. The number of ether oxygens (including phenoxy) is 3. The molecule has 2 N–H and O–H groups in total. The number of benzene rings is 1. The van der Waals surface area contributed by atoms with Crippen LogP contribution in [-0.4, -0.2) is 26.6 Å². The number of hydrogen-bond donors (Lipinski definition) is 1. The summed E-state index contributed by atoms with van der Waals surface area (Å²) in [5, 5.41) is 0. The Kier molecular flexibility index (Phi) is 2.76. The van der Waals surface area contributed by atoms with Gasteiger partial charge in [-0.1, -0.05) is 13.8 Å². The van der Waals surface area contributed by atoms with E-state index in [2.05, 4.69) is 32.9 Å². The predicted octanol–water partition coefficient (Wildman–Crippen LogP) is 1.98. The molecule has 1 aromatic rings. The average molecular weight is 263 g/mol. The minimum absolute atomic E-state index is 0.0102. The summed E-state index contributed by atoms with van der Waals surface area (Å²) in [6.07, 6.45) is 0. The van der Waals surface area contributed by atoms with Crippen LogP contribution in [0.3, 0.4) is 0 Å². The van der Waals surface area contributed by atoms with Gasteiger partial charge in [-0.25, -0.2) is 0 Å². The van der Waals surface area contributed by atoms with Crippen LogP contribution in [0.1, 0.15) is 25.0 Å². The molecule has 0 unspecified atom stereocenters. The quantitative estimate of drug-likeness (QED) is 0.906. The van der Waals surface area contributed by atoms with Gasteiger partial charge in [0, 0.05) is 5.41 Å². The normalized spacial score (nSPS) is 20.2. The van der Waals surface area contributed by atoms with Gasteiger partial charge in [-0.2, -0.15) is 0 Å². The lowest BCUT2D eigenvalue weighted by Crippen LogP contribution is -2.59. The molecule has 0 aromatic heterocycles. The van der Waals surface area contributed by atoms with Crippen LogP contribution in [0, 0.1) is 12.3 Å². The van der Waals surface area contributed by atoms with E-state index >= 15 is 0 Å². The van der Waals surface area contributed by atoms with Gasteiger partial charge in [0.1, 0.15) is 0 Å². The topological polar surface area (TPSA) is 53.7 Å². The lowest BCUT2D eigenvalue weighted by Gasteiger charge is -2.53. The summed E-state index contributed by atoms with van der Waals surface area (Å²) >= 11 is 0. The van der Waals surface area contributed by atoms with Crippen LogP contribution in [-0.2, 0) is 10.2 Å². The minimum Gasteiger partial charge on any atom is -0.454 e. The van der Waals surface area contributed by atoms with Crippen molar-refractivity contribution in [2.24, 2.45) is 11.1 Å². The Morgan fingerprint density at radius 3 is 2.37 bits per heavy atom. The van der Waals surface area contributed by atoms with Crippen molar-refractivity contribution in [3.05, 3.63) is 23.3 Å². The smallest absolute Gasteiger partial charge is 0.231 e. The maximum atomic E-state index is 5.99. The zero-order valence-corrected chi connectivity index (χ0v) is 11.8. The van der Waals surface area contributed by atoms with Gasteiger partial charge < -0.3 is 19.9 Å². The number of nitrogens with two attached hydrogens (primary N) is 1. The second-order valence-corrected chi connectivity index (χ2v) is 6.18. The third kappa shape index (κ3) is 1.66. The molecular formula is C15H21NO3. The van der Waals surface area contributed by atoms with E-state index in [4.69, 9.17) is 19.9 Å². The van der Waals surface area contributed by atoms with Crippen LogP contribution in [0.25, 0.3) is 0 Å². The summed E-state index contributed by atoms with van der Waals surface area (Å²) in [4.78, 5) is 0. The molecule has 0 amide bonds. The van der Waals surface area contributed by atoms with E-state index in [0.717, 1.165) is 24.7 Å². The maximum absolute atomic E-state index is 5.99. The van der Waals surface area contributed by atoms with Crippen LogP contribution >= 0.6 is 0 Å². The first-order valence-corrected chi connectivity index (χ1v) is 6.69. The molecule has 0 spiro atoms. The summed E-state index contributed by atoms with van der Waals surface area (Å²) < 4.78 is 16.5. The summed E-state index contributed by atoms with van der Waals surface area (Å²) in [6.45, 7) is 8.91. The summed E-state index contributed by atoms with van der Waals surface area (Å²) in [5.74, 6) is 1.67. The van der Waals surface area contributed by atoms with Gasteiger partial charge >= 0.3 is 0 Å². The highest BCUT2D eigenvalue weighted by molar-refractivity contribution is 5.52. The molecule has 0 atom stereocenters. The van der Waals surface area contributed by atoms with Gasteiger partial charge in [0.25, 0.3) is 0 Å².